The standard InChI is InChI=1S/C28H28N6O3S.C20H22N6.B/c1-19-5-8-22(31-27(35)20-6-9-24(10-7-20)38(2,36)37)16-26(19)33-28-30-12-11-25(32-28)21-15-23(18-29-17-21)34-13-3-4-14-34;1-14-4-5-16(21)11-19(14)25-20-23-7-6-18(24-20)15-10-17(13-22-12-15)26-8-2-3-9-26;/h5-12,15-18H,3-4,13-14H2,1-2H3,(H,31,35)(H,30,32,33);4-7,10-13H,2-3,8-9,21H2,1H3,(H,23,24,25);. The van der Waals surface area contributed by atoms with Crippen LogP contribution in [0.15, 0.2) is 127 Å². The number of carbonyl (C=O) groups is 1. The molecule has 17 heteroatoms. The van der Waals surface area contributed by atoms with Gasteiger partial charge in [-0.3, -0.25) is 14.8 Å². The number of nitrogens with one attached hydrogen (secondary N) is 3. The molecule has 2 saturated heterocycles. The highest BCUT2D eigenvalue weighted by Gasteiger charge is 2.17. The Morgan fingerprint density at radius 2 is 1.12 bits per heavy atom. The predicted octanol–water partition coefficient (Wildman–Crippen LogP) is 8.24. The molecule has 3 aromatic carbocycles. The second-order valence-corrected chi connectivity index (χ2v) is 17.9. The molecule has 0 atom stereocenters. The third-order valence-corrected chi connectivity index (χ3v) is 12.2. The molecule has 1 amide bonds. The van der Waals surface area contributed by atoms with Crippen LogP contribution in [0.1, 0.15) is 47.2 Å². The van der Waals surface area contributed by atoms with Crippen molar-refractivity contribution in [1.82, 2.24) is 29.9 Å². The van der Waals surface area contributed by atoms with Crippen LogP contribution in [-0.2, 0) is 9.84 Å². The maximum absolute atomic E-state index is 12.7. The van der Waals surface area contributed by atoms with E-state index in [1.54, 1.807) is 24.7 Å². The molecular weight excluding hydrogens is 835 g/mol. The van der Waals surface area contributed by atoms with Gasteiger partial charge in [-0.25, -0.2) is 28.4 Å². The first-order valence-electron chi connectivity index (χ1n) is 21.1. The van der Waals surface area contributed by atoms with Gasteiger partial charge in [0.25, 0.3) is 5.91 Å². The summed E-state index contributed by atoms with van der Waals surface area (Å²) in [6, 6.07) is 25.1. The Morgan fingerprint density at radius 3 is 1.63 bits per heavy atom. The number of aryl methyl sites for hydroxylation is 2. The highest BCUT2D eigenvalue weighted by Crippen LogP contribution is 2.29. The van der Waals surface area contributed by atoms with Crippen LogP contribution in [-0.4, -0.2) is 85.1 Å². The summed E-state index contributed by atoms with van der Waals surface area (Å²) >= 11 is 0. The lowest BCUT2D eigenvalue weighted by molar-refractivity contribution is 0.102. The van der Waals surface area contributed by atoms with E-state index in [1.807, 2.05) is 74.9 Å². The first-order valence-corrected chi connectivity index (χ1v) is 23.0. The molecule has 329 valence electrons. The number of anilines is 8. The number of amides is 1. The number of carbonyl (C=O) groups excluding carboxylic acids is 1. The number of hydrogen-bond donors (Lipinski definition) is 4. The zero-order chi connectivity index (χ0) is 44.6. The summed E-state index contributed by atoms with van der Waals surface area (Å²) in [4.78, 5) is 44.5. The molecule has 0 aliphatic carbocycles. The molecule has 0 unspecified atom stereocenters. The van der Waals surface area contributed by atoms with Gasteiger partial charge in [-0.1, -0.05) is 12.1 Å². The topological polar surface area (TPSA) is 197 Å². The molecule has 7 aromatic rings. The van der Waals surface area contributed by atoms with Gasteiger partial charge in [0.2, 0.25) is 11.9 Å². The van der Waals surface area contributed by atoms with Gasteiger partial charge < -0.3 is 31.5 Å². The number of nitrogens with two attached hydrogens (primary N) is 1. The fraction of sp³-hybridized carbons (Fsp3) is 0.229. The van der Waals surface area contributed by atoms with Gasteiger partial charge in [0.1, 0.15) is 0 Å². The third-order valence-electron chi connectivity index (χ3n) is 11.1. The smallest absolute Gasteiger partial charge is 0.255 e. The second kappa shape index (κ2) is 20.4. The summed E-state index contributed by atoms with van der Waals surface area (Å²) in [6.07, 6.45) is 16.9. The van der Waals surface area contributed by atoms with Gasteiger partial charge in [0.15, 0.2) is 9.84 Å². The Hall–Kier alpha value is -7.40. The Kier molecular flexibility index (Phi) is 14.3. The van der Waals surface area contributed by atoms with Crippen LogP contribution in [0.2, 0.25) is 0 Å². The molecule has 2 aliphatic heterocycles. The molecule has 0 saturated carbocycles. The van der Waals surface area contributed by atoms with Crippen LogP contribution < -0.4 is 31.5 Å². The molecule has 4 aromatic heterocycles. The van der Waals surface area contributed by atoms with Gasteiger partial charge in [-0.05, 0) is 123 Å². The zero-order valence-corrected chi connectivity index (χ0v) is 37.4. The van der Waals surface area contributed by atoms with Crippen molar-refractivity contribution in [3.8, 4) is 22.5 Å². The van der Waals surface area contributed by atoms with E-state index < -0.39 is 9.84 Å². The van der Waals surface area contributed by atoms with E-state index in [-0.39, 0.29) is 19.2 Å². The van der Waals surface area contributed by atoms with Crippen molar-refractivity contribution < 1.29 is 13.2 Å². The average molecular weight is 886 g/mol. The van der Waals surface area contributed by atoms with E-state index in [4.69, 9.17) is 10.7 Å². The van der Waals surface area contributed by atoms with Crippen LogP contribution in [0.3, 0.4) is 0 Å². The predicted molar refractivity (Wildman–Crippen MR) is 260 cm³/mol. The van der Waals surface area contributed by atoms with Gasteiger partial charge >= 0.3 is 0 Å². The van der Waals surface area contributed by atoms with Crippen molar-refractivity contribution in [1.29, 1.82) is 0 Å². The summed E-state index contributed by atoms with van der Waals surface area (Å²) in [7, 11) is -3.33. The number of sulfone groups is 1. The normalized spacial score (nSPS) is 13.3. The van der Waals surface area contributed by atoms with E-state index in [2.05, 4.69) is 62.8 Å². The average Bonchev–Trinajstić information content (AvgIpc) is 4.06. The Bertz CT molecular complexity index is 2890. The molecular formula is C48H50BN12O3S. The lowest BCUT2D eigenvalue weighted by atomic mass is 10.1. The molecule has 9 rings (SSSR count). The lowest BCUT2D eigenvalue weighted by Crippen LogP contribution is -2.17. The first kappa shape index (κ1) is 45.6. The minimum absolute atomic E-state index is 0. The number of rotatable bonds is 11. The van der Waals surface area contributed by atoms with Crippen molar-refractivity contribution in [2.24, 2.45) is 0 Å². The van der Waals surface area contributed by atoms with E-state index in [9.17, 15) is 13.2 Å². The SMILES string of the molecule is Cc1ccc(N)cc1Nc1nccc(-c2cncc(N3CCCC3)c2)n1.Cc1ccc(NC(=O)c2ccc(S(C)(=O)=O)cc2)cc1Nc1nccc(-c2cncc(N3CCCC3)c2)n1.[B]. The Labute approximate surface area is 381 Å². The molecule has 15 nitrogen and oxygen atoms in total. The molecule has 3 radical (unpaired) electrons. The maximum atomic E-state index is 12.7. The number of pyridine rings is 2. The summed E-state index contributed by atoms with van der Waals surface area (Å²) in [5.74, 6) is 0.628. The quantitative estimate of drug-likeness (QED) is 0.0716. The number of hydrogen-bond acceptors (Lipinski definition) is 14. The summed E-state index contributed by atoms with van der Waals surface area (Å²) in [5.41, 5.74) is 17.0. The molecule has 5 N–H and O–H groups in total. The molecule has 6 heterocycles. The highest BCUT2D eigenvalue weighted by atomic mass is 32.2. The molecule has 0 spiro atoms. The maximum Gasteiger partial charge on any atom is 0.255 e. The van der Waals surface area contributed by atoms with E-state index in [1.165, 1.54) is 49.9 Å². The minimum atomic E-state index is -3.33. The Balaban J connectivity index is 0.000000204. The molecule has 0 bridgehead atoms. The van der Waals surface area contributed by atoms with Crippen molar-refractivity contribution in [2.45, 2.75) is 44.4 Å². The fourth-order valence-corrected chi connectivity index (χ4v) is 8.13. The molecule has 2 fully saturated rings. The third kappa shape index (κ3) is 11.6. The largest absolute Gasteiger partial charge is 0.399 e. The summed E-state index contributed by atoms with van der Waals surface area (Å²) < 4.78 is 23.3. The highest BCUT2D eigenvalue weighted by molar-refractivity contribution is 7.90. The summed E-state index contributed by atoms with van der Waals surface area (Å²) in [6.45, 7) is 8.24. The minimum Gasteiger partial charge on any atom is -0.399 e. The second-order valence-electron chi connectivity index (χ2n) is 15.9. The summed E-state index contributed by atoms with van der Waals surface area (Å²) in [5, 5.41) is 9.38. The van der Waals surface area contributed by atoms with Gasteiger partial charge in [0, 0.05) is 105 Å². The van der Waals surface area contributed by atoms with E-state index >= 15 is 0 Å². The molecule has 2 aliphatic rings. The Morgan fingerprint density at radius 1 is 0.631 bits per heavy atom. The van der Waals surface area contributed by atoms with Crippen molar-refractivity contribution >= 4 is 70.2 Å². The number of nitrogen functional groups attached to an aromatic ring is 1. The zero-order valence-electron chi connectivity index (χ0n) is 36.6. The van der Waals surface area contributed by atoms with Gasteiger partial charge in [-0.2, -0.15) is 0 Å². The van der Waals surface area contributed by atoms with Crippen molar-refractivity contribution in [3.63, 3.8) is 0 Å². The number of nitrogens with zero attached hydrogens (tertiary/aromatic N) is 8. The lowest BCUT2D eigenvalue weighted by Gasteiger charge is -2.17. The molecule has 65 heavy (non-hydrogen) atoms. The fourth-order valence-electron chi connectivity index (χ4n) is 7.50. The number of aromatic nitrogens is 6. The van der Waals surface area contributed by atoms with E-state index in [0.717, 1.165) is 88.8 Å². The van der Waals surface area contributed by atoms with Crippen molar-refractivity contribution in [3.05, 3.63) is 139 Å². The van der Waals surface area contributed by atoms with Gasteiger partial charge in [-0.15, -0.1) is 0 Å². The number of benzene rings is 3. The van der Waals surface area contributed by atoms with E-state index in [0.29, 0.717) is 28.8 Å². The van der Waals surface area contributed by atoms with Crippen LogP contribution in [0.5, 0.6) is 0 Å². The van der Waals surface area contributed by atoms with Crippen LogP contribution >= 0.6 is 0 Å². The van der Waals surface area contributed by atoms with Gasteiger partial charge in [0.05, 0.1) is 40.1 Å². The monoisotopic (exact) mass is 885 g/mol. The van der Waals surface area contributed by atoms with Crippen LogP contribution in [0.4, 0.5) is 46.0 Å². The van der Waals surface area contributed by atoms with Crippen LogP contribution in [0, 0.1) is 13.8 Å². The first-order chi connectivity index (χ1) is 30.9. The van der Waals surface area contributed by atoms with Crippen molar-refractivity contribution in [2.75, 3.05) is 63.9 Å². The van der Waals surface area contributed by atoms with Crippen LogP contribution in [0.25, 0.3) is 22.5 Å².